The third-order valence-electron chi connectivity index (χ3n) is 3.76. The average molecular weight is 321 g/mol. The predicted octanol–water partition coefficient (Wildman–Crippen LogP) is 2.07. The van der Waals surface area contributed by atoms with E-state index in [0.29, 0.717) is 0 Å². The Balaban J connectivity index is 1.73. The number of nitrogens with one attached hydrogen (secondary N) is 1. The monoisotopic (exact) mass is 321 g/mol. The number of fused-ring (bicyclic) bond motifs is 1. The molecule has 1 saturated heterocycles. The molecule has 6 nitrogen and oxygen atoms in total. The fourth-order valence-electron chi connectivity index (χ4n) is 2.56. The summed E-state index contributed by atoms with van der Waals surface area (Å²) in [6.45, 7) is 4.95. The van der Waals surface area contributed by atoms with E-state index in [2.05, 4.69) is 26.6 Å². The van der Waals surface area contributed by atoms with Gasteiger partial charge in [0.1, 0.15) is 0 Å². The number of hydrogen-bond acceptors (Lipinski definition) is 7. The molecule has 2 aromatic heterocycles. The SMILES string of the molecule is NCCCCCNc1nc(N2CCOCC2)c2sccc2n1. The number of rotatable bonds is 7. The number of nitrogens with two attached hydrogens (primary N) is 1. The van der Waals surface area contributed by atoms with Crippen LogP contribution in [0, 0.1) is 0 Å². The molecule has 22 heavy (non-hydrogen) atoms. The highest BCUT2D eigenvalue weighted by Gasteiger charge is 2.18. The van der Waals surface area contributed by atoms with Gasteiger partial charge in [-0.25, -0.2) is 4.98 Å². The molecule has 7 heteroatoms. The zero-order valence-corrected chi connectivity index (χ0v) is 13.6. The van der Waals surface area contributed by atoms with Crippen LogP contribution in [0.15, 0.2) is 11.4 Å². The summed E-state index contributed by atoms with van der Waals surface area (Å²) in [6, 6.07) is 2.06. The van der Waals surface area contributed by atoms with E-state index in [9.17, 15) is 0 Å². The van der Waals surface area contributed by atoms with Gasteiger partial charge in [-0.3, -0.25) is 0 Å². The summed E-state index contributed by atoms with van der Waals surface area (Å²) in [5.41, 5.74) is 6.53. The highest BCUT2D eigenvalue weighted by atomic mass is 32.1. The summed E-state index contributed by atoms with van der Waals surface area (Å²) < 4.78 is 6.60. The molecule has 0 saturated carbocycles. The molecule has 0 bridgehead atoms. The molecule has 3 rings (SSSR count). The Morgan fingerprint density at radius 1 is 1.23 bits per heavy atom. The standard InChI is InChI=1S/C15H23N5OS/c16-5-2-1-3-6-17-15-18-12-4-11-22-13(12)14(19-15)20-7-9-21-10-8-20/h4,11H,1-3,5-10,16H2,(H,17,18,19). The lowest BCUT2D eigenvalue weighted by atomic mass is 10.2. The molecule has 3 heterocycles. The molecular formula is C15H23N5OS. The molecule has 0 aromatic carbocycles. The van der Waals surface area contributed by atoms with Crippen LogP contribution in [0.3, 0.4) is 0 Å². The summed E-state index contributed by atoms with van der Waals surface area (Å²) in [5, 5.41) is 5.43. The Kier molecular flexibility index (Phi) is 5.42. The molecule has 1 aliphatic heterocycles. The van der Waals surface area contributed by atoms with Crippen LogP contribution in [0.4, 0.5) is 11.8 Å². The second-order valence-corrected chi connectivity index (χ2v) is 6.30. The average Bonchev–Trinajstić information content (AvgIpc) is 3.03. The summed E-state index contributed by atoms with van der Waals surface area (Å²) in [4.78, 5) is 11.7. The maximum absolute atomic E-state index is 5.52. The molecule has 0 amide bonds. The smallest absolute Gasteiger partial charge is 0.225 e. The van der Waals surface area contributed by atoms with Gasteiger partial charge in [0.05, 0.1) is 23.4 Å². The van der Waals surface area contributed by atoms with Crippen LogP contribution >= 0.6 is 11.3 Å². The third kappa shape index (κ3) is 3.66. The van der Waals surface area contributed by atoms with Crippen molar-refractivity contribution >= 4 is 33.3 Å². The van der Waals surface area contributed by atoms with Gasteiger partial charge in [0.25, 0.3) is 0 Å². The molecule has 1 fully saturated rings. The van der Waals surface area contributed by atoms with E-state index >= 15 is 0 Å². The summed E-state index contributed by atoms with van der Waals surface area (Å²) in [5.74, 6) is 1.76. The first-order valence-electron chi connectivity index (χ1n) is 7.90. The van der Waals surface area contributed by atoms with Crippen molar-refractivity contribution in [2.45, 2.75) is 19.3 Å². The molecule has 0 atom stereocenters. The predicted molar refractivity (Wildman–Crippen MR) is 91.8 cm³/mol. The van der Waals surface area contributed by atoms with Gasteiger partial charge in [0, 0.05) is 19.6 Å². The molecule has 2 aromatic rings. The van der Waals surface area contributed by atoms with Gasteiger partial charge in [-0.15, -0.1) is 11.3 Å². The first kappa shape index (κ1) is 15.5. The second-order valence-electron chi connectivity index (χ2n) is 5.38. The van der Waals surface area contributed by atoms with Gasteiger partial charge in [-0.1, -0.05) is 6.42 Å². The topological polar surface area (TPSA) is 76.3 Å². The van der Waals surface area contributed by atoms with Crippen molar-refractivity contribution in [3.63, 3.8) is 0 Å². The normalized spacial score (nSPS) is 15.4. The van der Waals surface area contributed by atoms with E-state index in [1.54, 1.807) is 11.3 Å². The van der Waals surface area contributed by atoms with Crippen molar-refractivity contribution in [1.29, 1.82) is 0 Å². The third-order valence-corrected chi connectivity index (χ3v) is 4.66. The maximum atomic E-state index is 5.52. The minimum Gasteiger partial charge on any atom is -0.378 e. The Morgan fingerprint density at radius 2 is 2.09 bits per heavy atom. The van der Waals surface area contributed by atoms with E-state index < -0.39 is 0 Å². The van der Waals surface area contributed by atoms with Crippen LogP contribution in [0.1, 0.15) is 19.3 Å². The van der Waals surface area contributed by atoms with Gasteiger partial charge in [0.2, 0.25) is 5.95 Å². The number of nitrogens with zero attached hydrogens (tertiary/aromatic N) is 3. The number of aromatic nitrogens is 2. The lowest BCUT2D eigenvalue weighted by Crippen LogP contribution is -2.37. The van der Waals surface area contributed by atoms with Crippen molar-refractivity contribution in [3.05, 3.63) is 11.4 Å². The quantitative estimate of drug-likeness (QED) is 0.760. The fraction of sp³-hybridized carbons (Fsp3) is 0.600. The number of hydrogen-bond donors (Lipinski definition) is 2. The van der Waals surface area contributed by atoms with Crippen molar-refractivity contribution in [2.75, 3.05) is 49.6 Å². The van der Waals surface area contributed by atoms with Crippen molar-refractivity contribution in [3.8, 4) is 0 Å². The van der Waals surface area contributed by atoms with Crippen LogP contribution in [0.2, 0.25) is 0 Å². The Morgan fingerprint density at radius 3 is 2.91 bits per heavy atom. The zero-order valence-electron chi connectivity index (χ0n) is 12.8. The van der Waals surface area contributed by atoms with Crippen LogP contribution in [-0.4, -0.2) is 49.4 Å². The van der Waals surface area contributed by atoms with Gasteiger partial charge in [0.15, 0.2) is 5.82 Å². The van der Waals surface area contributed by atoms with Crippen LogP contribution in [0.5, 0.6) is 0 Å². The summed E-state index contributed by atoms with van der Waals surface area (Å²) in [6.07, 6.45) is 3.31. The van der Waals surface area contributed by atoms with Crippen LogP contribution < -0.4 is 16.0 Å². The van der Waals surface area contributed by atoms with Crippen molar-refractivity contribution in [2.24, 2.45) is 5.73 Å². The highest BCUT2D eigenvalue weighted by molar-refractivity contribution is 7.17. The van der Waals surface area contributed by atoms with Gasteiger partial charge < -0.3 is 20.7 Å². The van der Waals surface area contributed by atoms with Crippen LogP contribution in [-0.2, 0) is 4.74 Å². The first-order chi connectivity index (χ1) is 10.9. The van der Waals surface area contributed by atoms with Crippen molar-refractivity contribution in [1.82, 2.24) is 9.97 Å². The lowest BCUT2D eigenvalue weighted by molar-refractivity contribution is 0.122. The first-order valence-corrected chi connectivity index (χ1v) is 8.78. The summed E-state index contributed by atoms with van der Waals surface area (Å²) >= 11 is 1.70. The zero-order chi connectivity index (χ0) is 15.2. The Hall–Kier alpha value is -1.44. The minimum atomic E-state index is 0.722. The Bertz CT molecular complexity index is 597. The molecule has 0 unspecified atom stereocenters. The maximum Gasteiger partial charge on any atom is 0.225 e. The molecule has 1 aliphatic rings. The lowest BCUT2D eigenvalue weighted by Gasteiger charge is -2.28. The number of thiophene rings is 1. The van der Waals surface area contributed by atoms with Crippen molar-refractivity contribution < 1.29 is 4.74 Å². The van der Waals surface area contributed by atoms with Gasteiger partial charge in [-0.05, 0) is 30.8 Å². The largest absolute Gasteiger partial charge is 0.378 e. The Labute approximate surface area is 134 Å². The van der Waals surface area contributed by atoms with E-state index in [0.717, 1.165) is 80.6 Å². The number of morpholine rings is 1. The van der Waals surface area contributed by atoms with Crippen LogP contribution in [0.25, 0.3) is 10.2 Å². The highest BCUT2D eigenvalue weighted by Crippen LogP contribution is 2.30. The fourth-order valence-corrected chi connectivity index (χ4v) is 3.41. The van der Waals surface area contributed by atoms with E-state index in [4.69, 9.17) is 15.5 Å². The van der Waals surface area contributed by atoms with Gasteiger partial charge >= 0.3 is 0 Å². The molecule has 0 spiro atoms. The molecule has 0 radical (unpaired) electrons. The molecular weight excluding hydrogens is 298 g/mol. The number of ether oxygens (including phenoxy) is 1. The molecule has 120 valence electrons. The molecule has 3 N–H and O–H groups in total. The van der Waals surface area contributed by atoms with E-state index in [-0.39, 0.29) is 0 Å². The second kappa shape index (κ2) is 7.71. The minimum absolute atomic E-state index is 0.722. The van der Waals surface area contributed by atoms with Gasteiger partial charge in [-0.2, -0.15) is 4.98 Å². The number of unbranched alkanes of at least 4 members (excludes halogenated alkanes) is 2. The molecule has 0 aliphatic carbocycles. The van der Waals surface area contributed by atoms with E-state index in [1.807, 2.05) is 0 Å². The van der Waals surface area contributed by atoms with E-state index in [1.165, 1.54) is 0 Å². The summed E-state index contributed by atoms with van der Waals surface area (Å²) in [7, 11) is 0. The number of anilines is 2.